The fourth-order valence-corrected chi connectivity index (χ4v) is 4.40. The van der Waals surface area contributed by atoms with E-state index in [-0.39, 0.29) is 10.8 Å². The van der Waals surface area contributed by atoms with Gasteiger partial charge in [-0.15, -0.1) is 0 Å². The predicted octanol–water partition coefficient (Wildman–Crippen LogP) is 6.33. The molecule has 0 aliphatic heterocycles. The van der Waals surface area contributed by atoms with Gasteiger partial charge in [0.25, 0.3) is 0 Å². The Balaban J connectivity index is 1.56. The second-order valence-corrected chi connectivity index (χ2v) is 11.1. The van der Waals surface area contributed by atoms with E-state index in [1.54, 1.807) is 0 Å². The van der Waals surface area contributed by atoms with Gasteiger partial charge in [-0.25, -0.2) is 10.2 Å². The topological polar surface area (TPSA) is 99.2 Å². The minimum Gasteiger partial charge on any atom is -0.388 e. The summed E-state index contributed by atoms with van der Waals surface area (Å²) in [5, 5.41) is 14.3. The lowest BCUT2D eigenvalue weighted by Gasteiger charge is -2.32. The molecule has 0 spiro atoms. The van der Waals surface area contributed by atoms with E-state index in [9.17, 15) is 9.90 Å². The summed E-state index contributed by atoms with van der Waals surface area (Å²) in [5.41, 5.74) is 9.68. The summed E-state index contributed by atoms with van der Waals surface area (Å²) in [5.74, 6) is 0.604. The van der Waals surface area contributed by atoms with Crippen molar-refractivity contribution in [1.29, 1.82) is 0 Å². The lowest BCUT2D eigenvalue weighted by Crippen LogP contribution is -2.39. The highest BCUT2D eigenvalue weighted by Crippen LogP contribution is 2.37. The van der Waals surface area contributed by atoms with Crippen molar-refractivity contribution in [2.45, 2.75) is 77.7 Å². The zero-order chi connectivity index (χ0) is 26.3. The van der Waals surface area contributed by atoms with Crippen LogP contribution in [0.15, 0.2) is 48.5 Å². The van der Waals surface area contributed by atoms with Gasteiger partial charge in [-0.2, -0.15) is 9.36 Å². The maximum atomic E-state index is 12.3. The molecule has 1 atom stereocenters. The first-order valence-electron chi connectivity index (χ1n) is 12.6. The number of aliphatic hydroxyl groups is 1. The fraction of sp³-hybridized carbons (Fsp3) is 0.464. The summed E-state index contributed by atoms with van der Waals surface area (Å²) in [4.78, 5) is 16.6. The number of hydrazine groups is 1. The standard InChI is InChI=1S/C28H39N5O2S/c1-7-27(3,4)20-14-15-21(22(18-20)28(5,6)8-2)23(34)16-17-29-25(35)31-32-26-30-24(33-36-26)19-12-10-9-11-13-19/h9-15,18,23,34H,7-8,16-17H2,1-6H3,(H2,29,31,35)(H,30,32,33). The molecule has 0 aliphatic rings. The summed E-state index contributed by atoms with van der Waals surface area (Å²) in [6.45, 7) is 13.6. The van der Waals surface area contributed by atoms with Crippen molar-refractivity contribution >= 4 is 22.7 Å². The number of anilines is 1. The van der Waals surface area contributed by atoms with Gasteiger partial charge in [0, 0.05) is 23.6 Å². The smallest absolute Gasteiger partial charge is 0.333 e. The van der Waals surface area contributed by atoms with Gasteiger partial charge in [0.2, 0.25) is 5.13 Å². The average Bonchev–Trinajstić information content (AvgIpc) is 3.36. The number of rotatable bonds is 11. The van der Waals surface area contributed by atoms with Gasteiger partial charge >= 0.3 is 6.03 Å². The summed E-state index contributed by atoms with van der Waals surface area (Å²) in [7, 11) is 0. The van der Waals surface area contributed by atoms with Crippen molar-refractivity contribution in [3.8, 4) is 11.4 Å². The van der Waals surface area contributed by atoms with Gasteiger partial charge in [-0.05, 0) is 46.8 Å². The number of hydrogen-bond acceptors (Lipinski definition) is 6. The minimum absolute atomic E-state index is 0.0643. The van der Waals surface area contributed by atoms with Crippen LogP contribution in [0, 0.1) is 0 Å². The Bertz CT molecular complexity index is 1140. The molecule has 3 aromatic rings. The molecule has 8 heteroatoms. The molecule has 0 bridgehead atoms. The number of nitrogens with one attached hydrogen (secondary N) is 3. The largest absolute Gasteiger partial charge is 0.388 e. The second kappa shape index (κ2) is 11.8. The molecule has 4 N–H and O–H groups in total. The first kappa shape index (κ1) is 27.6. The fourth-order valence-electron chi connectivity index (χ4n) is 3.86. The Morgan fingerprint density at radius 3 is 2.39 bits per heavy atom. The highest BCUT2D eigenvalue weighted by atomic mass is 32.1. The van der Waals surface area contributed by atoms with Gasteiger partial charge in [0.1, 0.15) is 0 Å². The molecule has 0 aliphatic carbocycles. The van der Waals surface area contributed by atoms with E-state index in [0.717, 1.165) is 24.0 Å². The van der Waals surface area contributed by atoms with E-state index in [4.69, 9.17) is 0 Å². The van der Waals surface area contributed by atoms with Crippen molar-refractivity contribution in [1.82, 2.24) is 20.1 Å². The summed E-state index contributed by atoms with van der Waals surface area (Å²) >= 11 is 1.17. The number of nitrogens with zero attached hydrogens (tertiary/aromatic N) is 2. The Labute approximate surface area is 218 Å². The number of aliphatic hydroxyl groups excluding tert-OH is 1. The lowest BCUT2D eigenvalue weighted by atomic mass is 9.74. The Morgan fingerprint density at radius 2 is 1.72 bits per heavy atom. The molecule has 3 rings (SSSR count). The molecule has 0 radical (unpaired) electrons. The summed E-state index contributed by atoms with van der Waals surface area (Å²) in [6.07, 6.45) is 1.74. The molecule has 2 amide bonds. The molecule has 0 saturated heterocycles. The quantitative estimate of drug-likeness (QED) is 0.226. The van der Waals surface area contributed by atoms with Crippen LogP contribution in [0.3, 0.4) is 0 Å². The maximum Gasteiger partial charge on any atom is 0.333 e. The lowest BCUT2D eigenvalue weighted by molar-refractivity contribution is 0.164. The number of benzene rings is 2. The normalized spacial score (nSPS) is 12.8. The van der Waals surface area contributed by atoms with Crippen molar-refractivity contribution < 1.29 is 9.90 Å². The molecule has 7 nitrogen and oxygen atoms in total. The zero-order valence-electron chi connectivity index (χ0n) is 22.2. The highest BCUT2D eigenvalue weighted by molar-refractivity contribution is 7.09. The number of urea groups is 1. The molecule has 194 valence electrons. The number of carbonyl (C=O) groups is 1. The van der Waals surface area contributed by atoms with Crippen molar-refractivity contribution in [3.63, 3.8) is 0 Å². The monoisotopic (exact) mass is 509 g/mol. The third kappa shape index (κ3) is 6.83. The zero-order valence-corrected chi connectivity index (χ0v) is 23.0. The molecular weight excluding hydrogens is 470 g/mol. The van der Waals surface area contributed by atoms with Crippen LogP contribution >= 0.6 is 11.5 Å². The van der Waals surface area contributed by atoms with E-state index in [2.05, 4.69) is 85.3 Å². The number of carbonyl (C=O) groups excluding carboxylic acids is 1. The third-order valence-electron chi connectivity index (χ3n) is 7.13. The average molecular weight is 510 g/mol. The van der Waals surface area contributed by atoms with Crippen LogP contribution in [-0.4, -0.2) is 27.0 Å². The van der Waals surface area contributed by atoms with Crippen molar-refractivity contribution in [3.05, 3.63) is 65.2 Å². The van der Waals surface area contributed by atoms with Crippen LogP contribution < -0.4 is 16.2 Å². The molecule has 1 aromatic heterocycles. The SMILES string of the molecule is CCC(C)(C)c1ccc(C(O)CCNC(=O)NNc2nc(-c3ccccc3)ns2)c(C(C)(C)CC)c1. The number of hydrogen-bond donors (Lipinski definition) is 4. The van der Waals surface area contributed by atoms with Gasteiger partial charge < -0.3 is 10.4 Å². The van der Waals surface area contributed by atoms with E-state index in [1.165, 1.54) is 22.7 Å². The summed E-state index contributed by atoms with van der Waals surface area (Å²) in [6, 6.07) is 15.7. The molecule has 0 fully saturated rings. The molecule has 36 heavy (non-hydrogen) atoms. The van der Waals surface area contributed by atoms with Gasteiger partial charge in [0.05, 0.1) is 6.10 Å². The van der Waals surface area contributed by atoms with Gasteiger partial charge in [-0.3, -0.25) is 5.43 Å². The van der Waals surface area contributed by atoms with Crippen molar-refractivity contribution in [2.75, 3.05) is 12.0 Å². The number of amides is 2. The van der Waals surface area contributed by atoms with Crippen LogP contribution in [0.2, 0.25) is 0 Å². The molecular formula is C28H39N5O2S. The van der Waals surface area contributed by atoms with E-state index < -0.39 is 12.1 Å². The highest BCUT2D eigenvalue weighted by Gasteiger charge is 2.27. The Morgan fingerprint density at radius 1 is 1.03 bits per heavy atom. The predicted molar refractivity (Wildman–Crippen MR) is 148 cm³/mol. The first-order valence-corrected chi connectivity index (χ1v) is 13.4. The molecule has 2 aromatic carbocycles. The van der Waals surface area contributed by atoms with Gasteiger partial charge in [0.15, 0.2) is 5.82 Å². The van der Waals surface area contributed by atoms with E-state index in [0.29, 0.717) is 23.9 Å². The van der Waals surface area contributed by atoms with E-state index >= 15 is 0 Å². The maximum absolute atomic E-state index is 12.3. The summed E-state index contributed by atoms with van der Waals surface area (Å²) < 4.78 is 4.31. The minimum atomic E-state index is -0.672. The first-order chi connectivity index (χ1) is 17.1. The molecule has 1 unspecified atom stereocenters. The second-order valence-electron chi connectivity index (χ2n) is 10.4. The van der Waals surface area contributed by atoms with E-state index in [1.807, 2.05) is 30.3 Å². The van der Waals surface area contributed by atoms with Crippen LogP contribution in [0.4, 0.5) is 9.93 Å². The van der Waals surface area contributed by atoms with Crippen molar-refractivity contribution in [2.24, 2.45) is 0 Å². The molecule has 0 saturated carbocycles. The van der Waals surface area contributed by atoms with Gasteiger partial charge in [-0.1, -0.05) is 90.1 Å². The van der Waals surface area contributed by atoms with Crippen LogP contribution in [0.1, 0.15) is 83.6 Å². The van der Waals surface area contributed by atoms with Crippen LogP contribution in [0.25, 0.3) is 11.4 Å². The van der Waals surface area contributed by atoms with Crippen LogP contribution in [-0.2, 0) is 10.8 Å². The third-order valence-corrected chi connectivity index (χ3v) is 7.77. The van der Waals surface area contributed by atoms with Crippen LogP contribution in [0.5, 0.6) is 0 Å². The Hall–Kier alpha value is -2.97. The number of aromatic nitrogens is 2. The molecule has 1 heterocycles. The Kier molecular flexibility index (Phi) is 9.08.